The van der Waals surface area contributed by atoms with Crippen LogP contribution in [0, 0.1) is 0 Å². The van der Waals surface area contributed by atoms with Gasteiger partial charge in [0, 0.05) is 0 Å². The molecular weight excluding hydrogens is 144 g/mol. The van der Waals surface area contributed by atoms with Crippen molar-refractivity contribution in [3.63, 3.8) is 0 Å². The van der Waals surface area contributed by atoms with Crippen LogP contribution in [0.2, 0.25) is 0 Å². The summed E-state index contributed by atoms with van der Waals surface area (Å²) in [6, 6.07) is 0. The maximum atomic E-state index is 10.3. The monoisotopic (exact) mass is 148 g/mol. The van der Waals surface area contributed by atoms with E-state index in [1.807, 2.05) is 0 Å². The van der Waals surface area contributed by atoms with Crippen LogP contribution in [0.3, 0.4) is 0 Å². The molecule has 0 aliphatic rings. The molecule has 1 aromatic heterocycles. The second-order valence-electron chi connectivity index (χ2n) is 1.34. The molecule has 7 heteroatoms. The average molecular weight is 148 g/mol. The summed E-state index contributed by atoms with van der Waals surface area (Å²) in [6.07, 6.45) is 1.07. The topological polar surface area (TPSA) is 102 Å². The minimum absolute atomic E-state index is 0.317. The van der Waals surface area contributed by atoms with Crippen LogP contribution in [0.1, 0.15) is 0 Å². The van der Waals surface area contributed by atoms with Gasteiger partial charge in [-0.2, -0.15) is 5.10 Å². The fourth-order valence-electron chi connectivity index (χ4n) is 0.331. The highest BCUT2D eigenvalue weighted by Gasteiger charge is 2.08. The van der Waals surface area contributed by atoms with Crippen molar-refractivity contribution in [1.82, 2.24) is 15.2 Å². The first-order chi connectivity index (χ1) is 4.11. The number of rotatable bonds is 1. The predicted molar refractivity (Wildman–Crippen MR) is 27.8 cm³/mol. The Morgan fingerprint density at radius 1 is 1.67 bits per heavy atom. The lowest BCUT2D eigenvalue weighted by molar-refractivity contribution is 0.589. The lowest BCUT2D eigenvalue weighted by Crippen LogP contribution is -2.13. The molecule has 1 aromatic rings. The SMILES string of the molecule is NS(=O)(=O)c1ncn[nH]1. The Hall–Kier alpha value is -0.950. The normalized spacial score (nSPS) is 11.7. The van der Waals surface area contributed by atoms with Gasteiger partial charge in [0.25, 0.3) is 15.2 Å². The van der Waals surface area contributed by atoms with Gasteiger partial charge in [0.2, 0.25) is 0 Å². The third-order valence-electron chi connectivity index (χ3n) is 0.662. The van der Waals surface area contributed by atoms with E-state index in [1.54, 1.807) is 0 Å². The van der Waals surface area contributed by atoms with Crippen molar-refractivity contribution in [3.8, 4) is 0 Å². The zero-order valence-electron chi connectivity index (χ0n) is 4.27. The number of nitrogens with zero attached hydrogens (tertiary/aromatic N) is 2. The van der Waals surface area contributed by atoms with E-state index in [9.17, 15) is 8.42 Å². The predicted octanol–water partition coefficient (Wildman–Crippen LogP) is -1.55. The quantitative estimate of drug-likeness (QED) is 0.503. The van der Waals surface area contributed by atoms with E-state index in [1.165, 1.54) is 0 Å². The molecule has 50 valence electrons. The highest BCUT2D eigenvalue weighted by Crippen LogP contribution is 1.90. The van der Waals surface area contributed by atoms with Gasteiger partial charge >= 0.3 is 0 Å². The summed E-state index contributed by atoms with van der Waals surface area (Å²) < 4.78 is 20.7. The lowest BCUT2D eigenvalue weighted by atomic mass is 11.3. The van der Waals surface area contributed by atoms with Crippen molar-refractivity contribution < 1.29 is 8.42 Å². The molecule has 0 aromatic carbocycles. The molecular formula is C2H4N4O2S. The van der Waals surface area contributed by atoms with E-state index in [0.717, 1.165) is 6.33 Å². The van der Waals surface area contributed by atoms with Crippen LogP contribution in [0.4, 0.5) is 0 Å². The third kappa shape index (κ3) is 1.24. The molecule has 0 aliphatic carbocycles. The van der Waals surface area contributed by atoms with Crippen LogP contribution in [0.5, 0.6) is 0 Å². The number of hydrogen-bond acceptors (Lipinski definition) is 4. The summed E-state index contributed by atoms with van der Waals surface area (Å²) in [4.78, 5) is 3.31. The van der Waals surface area contributed by atoms with Gasteiger partial charge in [0.1, 0.15) is 6.33 Å². The summed E-state index contributed by atoms with van der Waals surface area (Å²) in [6.45, 7) is 0. The number of primary sulfonamides is 1. The molecule has 0 bridgehead atoms. The molecule has 0 unspecified atom stereocenters. The largest absolute Gasteiger partial charge is 0.273 e. The summed E-state index contributed by atoms with van der Waals surface area (Å²) in [5, 5.41) is 9.72. The highest BCUT2D eigenvalue weighted by molar-refractivity contribution is 7.89. The van der Waals surface area contributed by atoms with Crippen LogP contribution in [0.25, 0.3) is 0 Å². The molecule has 9 heavy (non-hydrogen) atoms. The number of hydrogen-bond donors (Lipinski definition) is 2. The summed E-state index contributed by atoms with van der Waals surface area (Å²) in [5.74, 6) is 0. The zero-order valence-corrected chi connectivity index (χ0v) is 5.09. The van der Waals surface area contributed by atoms with Crippen LogP contribution in [0.15, 0.2) is 11.5 Å². The number of nitrogens with one attached hydrogen (secondary N) is 1. The number of H-pyrrole nitrogens is 1. The Morgan fingerprint density at radius 2 is 2.33 bits per heavy atom. The van der Waals surface area contributed by atoms with Crippen LogP contribution in [-0.4, -0.2) is 23.6 Å². The van der Waals surface area contributed by atoms with Crippen molar-refractivity contribution in [2.75, 3.05) is 0 Å². The highest BCUT2D eigenvalue weighted by atomic mass is 32.2. The summed E-state index contributed by atoms with van der Waals surface area (Å²) >= 11 is 0. The molecule has 0 atom stereocenters. The number of aromatic nitrogens is 3. The Kier molecular flexibility index (Phi) is 1.22. The standard InChI is InChI=1S/C2H4N4O2S/c3-9(7,8)2-4-1-5-6-2/h1H,(H2,3,7,8)(H,4,5,6). The third-order valence-corrected chi connectivity index (χ3v) is 1.40. The van der Waals surface area contributed by atoms with Gasteiger partial charge < -0.3 is 0 Å². The summed E-state index contributed by atoms with van der Waals surface area (Å²) in [7, 11) is -3.69. The average Bonchev–Trinajstić information content (AvgIpc) is 2.08. The van der Waals surface area contributed by atoms with Gasteiger partial charge in [-0.3, -0.25) is 0 Å². The Balaban J connectivity index is 3.20. The van der Waals surface area contributed by atoms with Crippen molar-refractivity contribution in [2.24, 2.45) is 5.14 Å². The Labute approximate surface area is 51.1 Å². The number of aromatic amines is 1. The van der Waals surface area contributed by atoms with Crippen LogP contribution >= 0.6 is 0 Å². The van der Waals surface area contributed by atoms with Crippen molar-refractivity contribution in [1.29, 1.82) is 0 Å². The minimum atomic E-state index is -3.69. The fourth-order valence-corrected chi connectivity index (χ4v) is 0.705. The Bertz CT molecular complexity index is 274. The van der Waals surface area contributed by atoms with Crippen LogP contribution in [-0.2, 0) is 10.0 Å². The van der Waals surface area contributed by atoms with Gasteiger partial charge in [-0.1, -0.05) is 0 Å². The zero-order chi connectivity index (χ0) is 6.91. The van der Waals surface area contributed by atoms with E-state index >= 15 is 0 Å². The molecule has 0 spiro atoms. The van der Waals surface area contributed by atoms with E-state index in [2.05, 4.69) is 20.3 Å². The molecule has 0 saturated heterocycles. The fraction of sp³-hybridized carbons (Fsp3) is 0. The van der Waals surface area contributed by atoms with Crippen molar-refractivity contribution in [3.05, 3.63) is 6.33 Å². The second kappa shape index (κ2) is 1.78. The lowest BCUT2D eigenvalue weighted by Gasteiger charge is -1.84. The maximum Gasteiger partial charge on any atom is 0.273 e. The van der Waals surface area contributed by atoms with E-state index < -0.39 is 10.0 Å². The van der Waals surface area contributed by atoms with Gasteiger partial charge in [-0.05, 0) is 0 Å². The Morgan fingerprint density at radius 3 is 2.56 bits per heavy atom. The van der Waals surface area contributed by atoms with Crippen molar-refractivity contribution in [2.45, 2.75) is 5.16 Å². The molecule has 3 N–H and O–H groups in total. The van der Waals surface area contributed by atoms with E-state index in [0.29, 0.717) is 0 Å². The second-order valence-corrected chi connectivity index (χ2v) is 2.81. The molecule has 0 aliphatic heterocycles. The molecule has 0 saturated carbocycles. The maximum absolute atomic E-state index is 10.3. The van der Waals surface area contributed by atoms with Gasteiger partial charge in [0.15, 0.2) is 0 Å². The molecule has 6 nitrogen and oxygen atoms in total. The van der Waals surface area contributed by atoms with Gasteiger partial charge in [-0.15, -0.1) is 0 Å². The summed E-state index contributed by atoms with van der Waals surface area (Å²) in [5.41, 5.74) is 0. The van der Waals surface area contributed by atoms with Crippen molar-refractivity contribution >= 4 is 10.0 Å². The van der Waals surface area contributed by atoms with E-state index in [-0.39, 0.29) is 5.16 Å². The molecule has 1 heterocycles. The smallest absolute Gasteiger partial charge is 0.249 e. The first-order valence-electron chi connectivity index (χ1n) is 1.99. The molecule has 0 radical (unpaired) electrons. The first-order valence-corrected chi connectivity index (χ1v) is 3.53. The number of sulfonamides is 1. The van der Waals surface area contributed by atoms with E-state index in [4.69, 9.17) is 0 Å². The molecule has 0 fully saturated rings. The minimum Gasteiger partial charge on any atom is -0.249 e. The number of nitrogens with two attached hydrogens (primary N) is 1. The molecule has 1 rings (SSSR count). The van der Waals surface area contributed by atoms with Gasteiger partial charge in [-0.25, -0.2) is 23.6 Å². The first kappa shape index (κ1) is 6.17. The molecule has 0 amide bonds. The van der Waals surface area contributed by atoms with Crippen LogP contribution < -0.4 is 5.14 Å². The van der Waals surface area contributed by atoms with Gasteiger partial charge in [0.05, 0.1) is 0 Å².